The lowest BCUT2D eigenvalue weighted by molar-refractivity contribution is -0.109. The van der Waals surface area contributed by atoms with Gasteiger partial charge in [0.2, 0.25) is 0 Å². The predicted molar refractivity (Wildman–Crippen MR) is 92.7 cm³/mol. The van der Waals surface area contributed by atoms with Gasteiger partial charge in [-0.25, -0.2) is 5.43 Å². The molecule has 3 unspecified atom stereocenters. The monoisotopic (exact) mass is 324 g/mol. The first-order chi connectivity index (χ1) is 11.7. The van der Waals surface area contributed by atoms with Crippen molar-refractivity contribution < 1.29 is 9.53 Å². The van der Waals surface area contributed by atoms with Crippen LogP contribution in [0.4, 0.5) is 11.4 Å². The molecule has 1 N–H and O–H groups in total. The minimum absolute atomic E-state index is 0.0149. The Kier molecular flexibility index (Phi) is 4.86. The van der Waals surface area contributed by atoms with E-state index in [0.29, 0.717) is 11.4 Å². The van der Waals surface area contributed by atoms with Crippen LogP contribution in [-0.2, 0) is 4.79 Å². The maximum absolute atomic E-state index is 11.7. The fourth-order valence-electron chi connectivity index (χ4n) is 2.82. The van der Waals surface area contributed by atoms with Gasteiger partial charge in [-0.3, -0.25) is 5.01 Å². The highest BCUT2D eigenvalue weighted by Crippen LogP contribution is 2.29. The first-order valence-corrected chi connectivity index (χ1v) is 7.84. The number of nitrogens with one attached hydrogen (secondary N) is 1. The zero-order valence-corrected chi connectivity index (χ0v) is 13.7. The third-order valence-electron chi connectivity index (χ3n) is 4.06. The van der Waals surface area contributed by atoms with Crippen LogP contribution in [0, 0.1) is 0 Å². The Balaban J connectivity index is 1.85. The predicted octanol–water partition coefficient (Wildman–Crippen LogP) is 3.13. The molecule has 2 aromatic rings. The third-order valence-corrected chi connectivity index (χ3v) is 4.06. The molecular formula is C18H20N4O2. The lowest BCUT2D eigenvalue weighted by atomic mass is 10.1. The van der Waals surface area contributed by atoms with Gasteiger partial charge in [0.15, 0.2) is 0 Å². The lowest BCUT2D eigenvalue weighted by Crippen LogP contribution is -2.40. The van der Waals surface area contributed by atoms with Crippen molar-refractivity contribution in [1.82, 2.24) is 5.43 Å². The molecule has 0 saturated carbocycles. The van der Waals surface area contributed by atoms with Gasteiger partial charge in [-0.05, 0) is 31.2 Å². The summed E-state index contributed by atoms with van der Waals surface area (Å²) in [7, 11) is 1.60. The number of azo groups is 1. The highest BCUT2D eigenvalue weighted by atomic mass is 16.5. The van der Waals surface area contributed by atoms with E-state index in [0.717, 1.165) is 12.0 Å². The number of hydrazine groups is 1. The molecule has 0 bridgehead atoms. The van der Waals surface area contributed by atoms with Gasteiger partial charge in [-0.15, -0.1) is 0 Å². The summed E-state index contributed by atoms with van der Waals surface area (Å²) < 4.78 is 5.28. The lowest BCUT2D eigenvalue weighted by Gasteiger charge is -2.23. The van der Waals surface area contributed by atoms with Crippen molar-refractivity contribution >= 4 is 17.7 Å². The number of para-hydroxylation sites is 2. The van der Waals surface area contributed by atoms with Crippen molar-refractivity contribution in [2.24, 2.45) is 10.2 Å². The van der Waals surface area contributed by atoms with Crippen molar-refractivity contribution in [1.29, 1.82) is 0 Å². The van der Waals surface area contributed by atoms with Crippen molar-refractivity contribution in [3.05, 3.63) is 54.6 Å². The Bertz CT molecular complexity index is 720. The fourth-order valence-corrected chi connectivity index (χ4v) is 2.82. The number of rotatable bonds is 5. The molecule has 124 valence electrons. The summed E-state index contributed by atoms with van der Waals surface area (Å²) in [6.45, 7) is 1.99. The molecule has 1 aliphatic rings. The van der Waals surface area contributed by atoms with E-state index in [-0.39, 0.29) is 12.1 Å². The van der Waals surface area contributed by atoms with Gasteiger partial charge < -0.3 is 9.53 Å². The second kappa shape index (κ2) is 7.23. The number of benzene rings is 2. The van der Waals surface area contributed by atoms with Crippen LogP contribution in [0.25, 0.3) is 0 Å². The van der Waals surface area contributed by atoms with Crippen molar-refractivity contribution in [3.8, 4) is 5.75 Å². The summed E-state index contributed by atoms with van der Waals surface area (Å²) >= 11 is 0. The minimum Gasteiger partial charge on any atom is -0.494 e. The number of hydrogen-bond donors (Lipinski definition) is 1. The smallest absolute Gasteiger partial charge is 0.146 e. The van der Waals surface area contributed by atoms with Crippen LogP contribution in [0.2, 0.25) is 0 Å². The van der Waals surface area contributed by atoms with E-state index in [1.807, 2.05) is 66.5 Å². The molecule has 1 heterocycles. The molecule has 0 spiro atoms. The maximum Gasteiger partial charge on any atom is 0.146 e. The van der Waals surface area contributed by atoms with Crippen molar-refractivity contribution in [3.63, 3.8) is 0 Å². The van der Waals surface area contributed by atoms with E-state index >= 15 is 0 Å². The zero-order valence-electron chi connectivity index (χ0n) is 13.7. The molecule has 0 aliphatic carbocycles. The number of carbonyl (C=O) groups excluding carboxylic acids is 1. The number of nitrogens with zero attached hydrogens (tertiary/aromatic N) is 3. The molecule has 3 atom stereocenters. The van der Waals surface area contributed by atoms with E-state index in [4.69, 9.17) is 4.74 Å². The van der Waals surface area contributed by atoms with Crippen LogP contribution in [0.15, 0.2) is 64.8 Å². The van der Waals surface area contributed by atoms with Crippen LogP contribution in [0.5, 0.6) is 5.75 Å². The van der Waals surface area contributed by atoms with Gasteiger partial charge in [0.1, 0.15) is 29.8 Å². The summed E-state index contributed by atoms with van der Waals surface area (Å²) in [4.78, 5) is 11.7. The summed E-state index contributed by atoms with van der Waals surface area (Å²) in [6.07, 6.45) is 0.912. The van der Waals surface area contributed by atoms with Crippen LogP contribution < -0.4 is 15.2 Å². The number of aldehydes is 1. The second-order valence-electron chi connectivity index (χ2n) is 5.63. The van der Waals surface area contributed by atoms with E-state index < -0.39 is 6.04 Å². The molecule has 1 saturated heterocycles. The molecule has 2 aromatic carbocycles. The zero-order chi connectivity index (χ0) is 16.9. The first-order valence-electron chi connectivity index (χ1n) is 7.84. The first kappa shape index (κ1) is 16.1. The molecule has 6 heteroatoms. The summed E-state index contributed by atoms with van der Waals surface area (Å²) in [5, 5.41) is 10.6. The highest BCUT2D eigenvalue weighted by molar-refractivity contribution is 5.68. The summed E-state index contributed by atoms with van der Waals surface area (Å²) in [6, 6.07) is 16.4. The van der Waals surface area contributed by atoms with Crippen molar-refractivity contribution in [2.75, 3.05) is 12.1 Å². The van der Waals surface area contributed by atoms with E-state index in [1.165, 1.54) is 0 Å². The number of carbonyl (C=O) groups is 1. The highest BCUT2D eigenvalue weighted by Gasteiger charge is 2.40. The largest absolute Gasteiger partial charge is 0.494 e. The quantitative estimate of drug-likeness (QED) is 0.678. The Hall–Kier alpha value is -2.73. The Labute approximate surface area is 141 Å². The van der Waals surface area contributed by atoms with Gasteiger partial charge in [0, 0.05) is 0 Å². The standard InChI is InChI=1S/C18H20N4O2/c1-13-18(20-19-15-10-6-7-11-17(15)24-2)16(12-23)22(21-13)14-8-4-3-5-9-14/h3-13,16,18,21H,1-2H3. The summed E-state index contributed by atoms with van der Waals surface area (Å²) in [5.41, 5.74) is 4.88. The van der Waals surface area contributed by atoms with Crippen LogP contribution in [-0.4, -0.2) is 31.5 Å². The Morgan fingerprint density at radius 1 is 1.12 bits per heavy atom. The topological polar surface area (TPSA) is 66.3 Å². The molecule has 0 amide bonds. The van der Waals surface area contributed by atoms with Gasteiger partial charge in [-0.2, -0.15) is 10.2 Å². The number of hydrogen-bond acceptors (Lipinski definition) is 6. The SMILES string of the molecule is COc1ccccc1N=NC1C(C)NN(c2ccccc2)C1C=O. The molecular weight excluding hydrogens is 304 g/mol. The van der Waals surface area contributed by atoms with E-state index in [2.05, 4.69) is 15.7 Å². The maximum atomic E-state index is 11.7. The third kappa shape index (κ3) is 3.14. The minimum atomic E-state index is -0.416. The number of anilines is 1. The van der Waals surface area contributed by atoms with Gasteiger partial charge in [0.05, 0.1) is 18.8 Å². The Morgan fingerprint density at radius 2 is 1.83 bits per heavy atom. The normalized spacial score (nSPS) is 23.6. The number of methoxy groups -OCH3 is 1. The average molecular weight is 324 g/mol. The second-order valence-corrected chi connectivity index (χ2v) is 5.63. The molecule has 24 heavy (non-hydrogen) atoms. The Morgan fingerprint density at radius 3 is 2.54 bits per heavy atom. The number of ether oxygens (including phenoxy) is 1. The molecule has 1 fully saturated rings. The molecule has 0 aromatic heterocycles. The molecule has 1 aliphatic heterocycles. The van der Waals surface area contributed by atoms with Crippen LogP contribution in [0.3, 0.4) is 0 Å². The van der Waals surface area contributed by atoms with Gasteiger partial charge in [0.25, 0.3) is 0 Å². The van der Waals surface area contributed by atoms with Crippen LogP contribution >= 0.6 is 0 Å². The average Bonchev–Trinajstić information content (AvgIpc) is 2.96. The molecule has 0 radical (unpaired) electrons. The van der Waals surface area contributed by atoms with Gasteiger partial charge in [-0.1, -0.05) is 30.3 Å². The summed E-state index contributed by atoms with van der Waals surface area (Å²) in [5.74, 6) is 0.655. The van der Waals surface area contributed by atoms with E-state index in [1.54, 1.807) is 7.11 Å². The fraction of sp³-hybridized carbons (Fsp3) is 0.278. The van der Waals surface area contributed by atoms with Crippen LogP contribution in [0.1, 0.15) is 6.92 Å². The van der Waals surface area contributed by atoms with Gasteiger partial charge >= 0.3 is 0 Å². The van der Waals surface area contributed by atoms with E-state index in [9.17, 15) is 4.79 Å². The van der Waals surface area contributed by atoms with Crippen molar-refractivity contribution in [2.45, 2.75) is 25.0 Å². The molecule has 6 nitrogen and oxygen atoms in total. The molecule has 3 rings (SSSR count).